The number of thiophene rings is 1. The number of nitrogens with one attached hydrogen (secondary N) is 1. The number of aliphatic hydroxyl groups is 5. The van der Waals surface area contributed by atoms with E-state index < -0.39 is 146 Å². The normalized spacial score (nSPS) is 40.9. The summed E-state index contributed by atoms with van der Waals surface area (Å²) in [6.07, 6.45) is -9.92. The largest absolute Gasteiger partial charge is 0.462 e. The molecule has 0 spiro atoms. The van der Waals surface area contributed by atoms with Crippen LogP contribution in [0.1, 0.15) is 109 Å². The first-order valence-electron chi connectivity index (χ1n) is 26.3. The van der Waals surface area contributed by atoms with Gasteiger partial charge in [-0.05, 0) is 80.6 Å². The second kappa shape index (κ2) is 28.2. The van der Waals surface area contributed by atoms with Crippen LogP contribution in [0.15, 0.2) is 29.9 Å². The van der Waals surface area contributed by atoms with Crippen LogP contribution < -0.4 is 11.1 Å². The average molecular weight is 1090 g/mol. The van der Waals surface area contributed by atoms with Crippen molar-refractivity contribution in [2.24, 2.45) is 17.8 Å². The molecule has 5 rings (SSSR count). The number of allylic oxidation sites excluding steroid dienone is 3. The summed E-state index contributed by atoms with van der Waals surface area (Å²) in [6.45, 7) is 16.5. The number of nitrogens with zero attached hydrogens (tertiary/aromatic N) is 1. The number of methoxy groups -OCH3 is 2. The number of carbonyl (C=O) groups excluding carboxylic acids is 3. The lowest BCUT2D eigenvalue weighted by Gasteiger charge is -2.50. The van der Waals surface area contributed by atoms with Crippen molar-refractivity contribution in [1.82, 2.24) is 10.2 Å². The third-order valence-electron chi connectivity index (χ3n) is 15.0. The number of carbonyl (C=O) groups is 3. The molecular formula is C53H87N3O18S. The predicted molar refractivity (Wildman–Crippen MR) is 276 cm³/mol. The molecule has 5 heterocycles. The summed E-state index contributed by atoms with van der Waals surface area (Å²) in [6, 6.07) is 0.844. The number of likely N-dealkylation sites (N-methyl/N-ethyl adjacent to an activating group) is 1. The molecule has 4 aliphatic heterocycles. The van der Waals surface area contributed by atoms with Crippen LogP contribution in [0.3, 0.4) is 0 Å². The molecule has 1 amide bonds. The zero-order valence-corrected chi connectivity index (χ0v) is 46.8. The zero-order valence-electron chi connectivity index (χ0n) is 46.0. The van der Waals surface area contributed by atoms with Crippen LogP contribution >= 0.6 is 11.3 Å². The lowest BCUT2D eigenvalue weighted by atomic mass is 9.80. The van der Waals surface area contributed by atoms with Crippen molar-refractivity contribution in [2.45, 2.75) is 198 Å². The first-order valence-corrected chi connectivity index (χ1v) is 27.1. The van der Waals surface area contributed by atoms with Crippen molar-refractivity contribution in [3.8, 4) is 0 Å². The van der Waals surface area contributed by atoms with Crippen molar-refractivity contribution in [2.75, 3.05) is 60.4 Å². The van der Waals surface area contributed by atoms with E-state index in [1.54, 1.807) is 65.8 Å². The number of rotatable bonds is 17. The molecule has 0 bridgehead atoms. The van der Waals surface area contributed by atoms with Crippen molar-refractivity contribution in [3.05, 3.63) is 40.3 Å². The van der Waals surface area contributed by atoms with E-state index in [4.69, 9.17) is 53.1 Å². The Bertz CT molecular complexity index is 2060. The maximum Gasteiger partial charge on any atom is 0.308 e. The first kappa shape index (κ1) is 62.8. The zero-order chi connectivity index (χ0) is 55.6. The van der Waals surface area contributed by atoms with Crippen LogP contribution in [0.5, 0.6) is 0 Å². The molecule has 4 aliphatic rings. The molecule has 3 fully saturated rings. The van der Waals surface area contributed by atoms with Gasteiger partial charge in [-0.3, -0.25) is 14.4 Å². The molecule has 75 heavy (non-hydrogen) atoms. The summed E-state index contributed by atoms with van der Waals surface area (Å²) < 4.78 is 61.1. The van der Waals surface area contributed by atoms with Gasteiger partial charge < -0.3 is 88.9 Å². The smallest absolute Gasteiger partial charge is 0.308 e. The number of aliphatic hydroxyl groups excluding tert-OH is 4. The van der Waals surface area contributed by atoms with Crippen LogP contribution in [0, 0.1) is 17.8 Å². The van der Waals surface area contributed by atoms with Gasteiger partial charge in [-0.25, -0.2) is 0 Å². The summed E-state index contributed by atoms with van der Waals surface area (Å²) in [7, 11) is 6.44. The molecular weight excluding hydrogens is 999 g/mol. The van der Waals surface area contributed by atoms with Gasteiger partial charge in [-0.2, -0.15) is 0 Å². The van der Waals surface area contributed by atoms with Crippen LogP contribution in [-0.4, -0.2) is 207 Å². The minimum absolute atomic E-state index is 0.0309. The number of nitrogens with two attached hydrogens (primary N) is 1. The first-order chi connectivity index (χ1) is 35.4. The highest BCUT2D eigenvalue weighted by Gasteiger charge is 2.52. The minimum Gasteiger partial charge on any atom is -0.462 e. The van der Waals surface area contributed by atoms with Gasteiger partial charge in [0.15, 0.2) is 24.7 Å². The van der Waals surface area contributed by atoms with Gasteiger partial charge in [0.25, 0.3) is 5.91 Å². The average Bonchev–Trinajstić information content (AvgIpc) is 3.75. The molecule has 1 aromatic heterocycles. The standard InChI is InChI=1S/C53H87N3O18S/c1-14-37-32(25-68-52-47(66-13)46(65-12)42(60)29(6)70-52)20-26(3)16-17-35(57)27(4)21-33(38-22-34(49(54)75-38)50(63)55-18-19-67-15-2)44(28(5)36(58)23-39(59)72-37)74-51-43(61)41(56(10)11)45(30(7)71-51)73-40-24-53(9,64)48(62)31(8)69-40/h16-17,20,22,27-33,36-37,40-48,51-52,58,60-62,64H,14-15,18-19,21,23-25,54H2,1-13H3,(H,55,63)/b17-16+,26-20+/t27-,28+,29-,30-,31+,32-,33-,36-,37-,40+,41-,42-,43-,44-,45-,46-,47-,48+,51+,52-,53-/m1/s1. The molecule has 21 atom stereocenters. The topological polar surface area (TPSA) is 286 Å². The summed E-state index contributed by atoms with van der Waals surface area (Å²) in [5, 5.41) is 60.0. The number of hydrogen-bond acceptors (Lipinski definition) is 21. The van der Waals surface area contributed by atoms with Gasteiger partial charge in [-0.15, -0.1) is 11.3 Å². The van der Waals surface area contributed by atoms with E-state index in [1.807, 2.05) is 26.8 Å². The second-order valence-corrected chi connectivity index (χ2v) is 22.2. The lowest BCUT2D eigenvalue weighted by molar-refractivity contribution is -0.340. The minimum atomic E-state index is -1.52. The number of ketones is 1. The van der Waals surface area contributed by atoms with E-state index in [0.717, 1.165) is 11.3 Å². The molecule has 0 unspecified atom stereocenters. The Kier molecular flexibility index (Phi) is 23.6. The van der Waals surface area contributed by atoms with Crippen LogP contribution in [0.2, 0.25) is 0 Å². The highest BCUT2D eigenvalue weighted by atomic mass is 32.1. The van der Waals surface area contributed by atoms with E-state index in [1.165, 1.54) is 27.2 Å². The van der Waals surface area contributed by atoms with E-state index in [-0.39, 0.29) is 48.9 Å². The SMILES string of the molecule is CCOCCNC(=O)c1cc([C@H]2C[C@@H](C)C(=O)/C=C/C(C)=C/[C@H](CO[C@@H]3O[C@H](C)[C@@H](O)[C@@H](OC)[C@H]3OC)[C@@H](CC)OC(=O)C[C@@H](O)[C@H](C)[C@H]2O[C@@H]2O[C@H](C)[C@@H](O[C@H]3C[C@@](C)(O)[C@@H](O)[C@H](C)O3)[C@H](N(C)C)[C@H]2O)sc1N. The Morgan fingerprint density at radius 1 is 0.907 bits per heavy atom. The highest BCUT2D eigenvalue weighted by molar-refractivity contribution is 7.16. The van der Waals surface area contributed by atoms with Crippen LogP contribution in [-0.2, 0) is 57.0 Å². The summed E-state index contributed by atoms with van der Waals surface area (Å²) in [5.41, 5.74) is 5.93. The Morgan fingerprint density at radius 3 is 2.21 bits per heavy atom. The fourth-order valence-electron chi connectivity index (χ4n) is 10.5. The van der Waals surface area contributed by atoms with Crippen LogP contribution in [0.25, 0.3) is 0 Å². The lowest BCUT2D eigenvalue weighted by Crippen LogP contribution is -2.65. The molecule has 8 N–H and O–H groups in total. The Labute approximate surface area is 446 Å². The molecule has 428 valence electrons. The van der Waals surface area contributed by atoms with Gasteiger partial charge in [-0.1, -0.05) is 38.5 Å². The predicted octanol–water partition coefficient (Wildman–Crippen LogP) is 2.82. The van der Waals surface area contributed by atoms with Crippen molar-refractivity contribution in [1.29, 1.82) is 0 Å². The van der Waals surface area contributed by atoms with Gasteiger partial charge in [0.2, 0.25) is 0 Å². The number of nitrogen functional groups attached to an aromatic ring is 1. The molecule has 0 aromatic carbocycles. The molecule has 21 nitrogen and oxygen atoms in total. The molecule has 0 aliphatic carbocycles. The second-order valence-electron chi connectivity index (χ2n) is 21.1. The monoisotopic (exact) mass is 1090 g/mol. The maximum atomic E-state index is 14.3. The van der Waals surface area contributed by atoms with Gasteiger partial charge in [0.1, 0.15) is 42.7 Å². The Morgan fingerprint density at radius 2 is 1.59 bits per heavy atom. The number of esters is 1. The third kappa shape index (κ3) is 15.9. The third-order valence-corrected chi connectivity index (χ3v) is 16.1. The fraction of sp³-hybridized carbons (Fsp3) is 0.792. The van der Waals surface area contributed by atoms with Gasteiger partial charge >= 0.3 is 5.97 Å². The van der Waals surface area contributed by atoms with E-state index in [2.05, 4.69) is 5.32 Å². The van der Waals surface area contributed by atoms with E-state index >= 15 is 0 Å². The number of cyclic esters (lactones) is 1. The summed E-state index contributed by atoms with van der Waals surface area (Å²) in [4.78, 5) is 44.3. The molecule has 0 radical (unpaired) electrons. The fourth-order valence-corrected chi connectivity index (χ4v) is 11.6. The highest BCUT2D eigenvalue weighted by Crippen LogP contribution is 2.43. The number of ether oxygens (including phenoxy) is 10. The quantitative estimate of drug-likeness (QED) is 0.0872. The van der Waals surface area contributed by atoms with Gasteiger partial charge in [0.05, 0.1) is 72.4 Å². The van der Waals surface area contributed by atoms with Gasteiger partial charge in [0, 0.05) is 62.3 Å². The van der Waals surface area contributed by atoms with Crippen LogP contribution in [0.4, 0.5) is 5.00 Å². The number of amides is 1. The molecule has 0 saturated carbocycles. The van der Waals surface area contributed by atoms with E-state index in [9.17, 15) is 39.9 Å². The number of anilines is 1. The molecule has 1 aromatic rings. The Balaban J connectivity index is 1.53. The van der Waals surface area contributed by atoms with Crippen molar-refractivity contribution in [3.63, 3.8) is 0 Å². The number of hydrogen-bond donors (Lipinski definition) is 7. The summed E-state index contributed by atoms with van der Waals surface area (Å²) in [5.74, 6) is -4.42. The molecule has 22 heteroatoms. The van der Waals surface area contributed by atoms with Crippen molar-refractivity contribution >= 4 is 34.0 Å². The summed E-state index contributed by atoms with van der Waals surface area (Å²) >= 11 is 1.13. The maximum absolute atomic E-state index is 14.3. The van der Waals surface area contributed by atoms with Crippen molar-refractivity contribution < 1.29 is 87.3 Å². The van der Waals surface area contributed by atoms with E-state index in [0.29, 0.717) is 23.5 Å². The Hall–Kier alpha value is -3.01. The molecule has 3 saturated heterocycles.